The van der Waals surface area contributed by atoms with Gasteiger partial charge in [-0.05, 0) is 36.0 Å². The van der Waals surface area contributed by atoms with Crippen molar-refractivity contribution in [2.75, 3.05) is 0 Å². The van der Waals surface area contributed by atoms with Crippen molar-refractivity contribution in [3.8, 4) is 5.69 Å². The summed E-state index contributed by atoms with van der Waals surface area (Å²) in [4.78, 5) is 11.7. The summed E-state index contributed by atoms with van der Waals surface area (Å²) in [6, 6.07) is 8.23. The van der Waals surface area contributed by atoms with Crippen molar-refractivity contribution < 1.29 is 9.90 Å². The maximum atomic E-state index is 11.7. The van der Waals surface area contributed by atoms with Gasteiger partial charge >= 0.3 is 5.97 Å². The zero-order valence-corrected chi connectivity index (χ0v) is 14.7. The Morgan fingerprint density at radius 3 is 2.22 bits per heavy atom. The van der Waals surface area contributed by atoms with E-state index in [4.69, 9.17) is 0 Å². The minimum Gasteiger partial charge on any atom is -0.478 e. The van der Waals surface area contributed by atoms with Crippen molar-refractivity contribution >= 4 is 5.97 Å². The molecule has 2 aromatic rings. The fraction of sp³-hybridized carbons (Fsp3) is 0.474. The predicted octanol–water partition coefficient (Wildman–Crippen LogP) is 4.38. The number of rotatable bonds is 5. The summed E-state index contributed by atoms with van der Waals surface area (Å²) >= 11 is 0. The van der Waals surface area contributed by atoms with E-state index in [1.807, 2.05) is 26.0 Å². The summed E-state index contributed by atoms with van der Waals surface area (Å²) in [7, 11) is 0. The topological polar surface area (TPSA) is 55.1 Å². The van der Waals surface area contributed by atoms with E-state index in [-0.39, 0.29) is 5.41 Å². The SMILES string of the molecule is CCCc1nn(-c2ccc(C(C)(C)C)cc2)c(CC)c1C(=O)O. The number of carboxylic acid groups (broad SMARTS) is 1. The van der Waals surface area contributed by atoms with Crippen molar-refractivity contribution in [1.82, 2.24) is 9.78 Å². The van der Waals surface area contributed by atoms with E-state index in [1.54, 1.807) is 4.68 Å². The quantitative estimate of drug-likeness (QED) is 0.891. The highest BCUT2D eigenvalue weighted by Gasteiger charge is 2.22. The van der Waals surface area contributed by atoms with Crippen LogP contribution >= 0.6 is 0 Å². The zero-order chi connectivity index (χ0) is 17.2. The van der Waals surface area contributed by atoms with E-state index < -0.39 is 5.97 Å². The monoisotopic (exact) mass is 314 g/mol. The maximum Gasteiger partial charge on any atom is 0.339 e. The average Bonchev–Trinajstić information content (AvgIpc) is 2.85. The first-order valence-corrected chi connectivity index (χ1v) is 8.24. The minimum atomic E-state index is -0.886. The highest BCUT2D eigenvalue weighted by Crippen LogP contribution is 2.25. The summed E-state index contributed by atoms with van der Waals surface area (Å²) in [5.41, 5.74) is 4.07. The van der Waals surface area contributed by atoms with Gasteiger partial charge < -0.3 is 5.11 Å². The number of aryl methyl sites for hydroxylation is 1. The molecule has 0 aliphatic rings. The van der Waals surface area contributed by atoms with Crippen molar-refractivity contribution in [1.29, 1.82) is 0 Å². The lowest BCUT2D eigenvalue weighted by Gasteiger charge is -2.19. The van der Waals surface area contributed by atoms with Crippen molar-refractivity contribution in [3.05, 3.63) is 46.8 Å². The summed E-state index contributed by atoms with van der Waals surface area (Å²) in [5, 5.41) is 14.2. The Kier molecular flexibility index (Phi) is 4.93. The van der Waals surface area contributed by atoms with Crippen LogP contribution in [-0.2, 0) is 18.3 Å². The lowest BCUT2D eigenvalue weighted by molar-refractivity contribution is 0.0694. The van der Waals surface area contributed by atoms with E-state index in [0.717, 1.165) is 17.8 Å². The van der Waals surface area contributed by atoms with Gasteiger partial charge in [0.1, 0.15) is 5.56 Å². The molecular weight excluding hydrogens is 288 g/mol. The molecule has 1 aromatic carbocycles. The number of hydrogen-bond acceptors (Lipinski definition) is 2. The van der Waals surface area contributed by atoms with Crippen LogP contribution in [0.1, 0.15) is 68.3 Å². The van der Waals surface area contributed by atoms with Crippen molar-refractivity contribution in [2.24, 2.45) is 0 Å². The molecule has 1 N–H and O–H groups in total. The van der Waals surface area contributed by atoms with Crippen LogP contribution in [-0.4, -0.2) is 20.9 Å². The van der Waals surface area contributed by atoms with E-state index >= 15 is 0 Å². The largest absolute Gasteiger partial charge is 0.478 e. The number of carboxylic acids is 1. The molecule has 4 heteroatoms. The van der Waals surface area contributed by atoms with E-state index in [0.29, 0.717) is 24.1 Å². The maximum absolute atomic E-state index is 11.7. The molecule has 0 aliphatic carbocycles. The number of hydrogen-bond donors (Lipinski definition) is 1. The number of carbonyl (C=O) groups is 1. The van der Waals surface area contributed by atoms with Crippen LogP contribution in [0.5, 0.6) is 0 Å². The lowest BCUT2D eigenvalue weighted by Crippen LogP contribution is -2.11. The summed E-state index contributed by atoms with van der Waals surface area (Å²) in [6.45, 7) is 10.5. The third-order valence-electron chi connectivity index (χ3n) is 4.07. The molecule has 0 bridgehead atoms. The molecule has 1 aromatic heterocycles. The van der Waals surface area contributed by atoms with Crippen LogP contribution < -0.4 is 0 Å². The molecule has 0 spiro atoms. The molecule has 2 rings (SSSR count). The predicted molar refractivity (Wildman–Crippen MR) is 92.6 cm³/mol. The standard InChI is InChI=1S/C19H26N2O2/c1-6-8-15-17(18(22)23)16(7-2)21(20-15)14-11-9-13(10-12-14)19(3,4)5/h9-12H,6-8H2,1-5H3,(H,22,23). The number of aromatic nitrogens is 2. The Hall–Kier alpha value is -2.10. The first-order valence-electron chi connectivity index (χ1n) is 8.24. The molecule has 0 fully saturated rings. The van der Waals surface area contributed by atoms with Crippen LogP contribution in [0.15, 0.2) is 24.3 Å². The molecule has 0 atom stereocenters. The van der Waals surface area contributed by atoms with Gasteiger partial charge in [-0.3, -0.25) is 0 Å². The molecule has 0 aliphatic heterocycles. The van der Waals surface area contributed by atoms with Gasteiger partial charge in [0, 0.05) is 0 Å². The Balaban J connectivity index is 2.54. The van der Waals surface area contributed by atoms with Gasteiger partial charge in [-0.1, -0.05) is 53.2 Å². The Bertz CT molecular complexity index is 691. The lowest BCUT2D eigenvalue weighted by atomic mass is 9.87. The van der Waals surface area contributed by atoms with Gasteiger partial charge in [0.2, 0.25) is 0 Å². The third kappa shape index (κ3) is 3.46. The van der Waals surface area contributed by atoms with Gasteiger partial charge in [0.15, 0.2) is 0 Å². The van der Waals surface area contributed by atoms with Crippen LogP contribution in [0.25, 0.3) is 5.69 Å². The van der Waals surface area contributed by atoms with Crippen molar-refractivity contribution in [2.45, 2.75) is 59.3 Å². The zero-order valence-electron chi connectivity index (χ0n) is 14.7. The molecule has 0 saturated heterocycles. The molecule has 124 valence electrons. The average molecular weight is 314 g/mol. The van der Waals surface area contributed by atoms with Crippen LogP contribution in [0.2, 0.25) is 0 Å². The Morgan fingerprint density at radius 1 is 1.17 bits per heavy atom. The Morgan fingerprint density at radius 2 is 1.78 bits per heavy atom. The van der Waals surface area contributed by atoms with Crippen LogP contribution in [0.4, 0.5) is 0 Å². The van der Waals surface area contributed by atoms with Gasteiger partial charge in [-0.15, -0.1) is 0 Å². The van der Waals surface area contributed by atoms with Gasteiger partial charge in [-0.2, -0.15) is 5.10 Å². The fourth-order valence-electron chi connectivity index (χ4n) is 2.80. The second-order valence-corrected chi connectivity index (χ2v) is 6.89. The fourth-order valence-corrected chi connectivity index (χ4v) is 2.80. The van der Waals surface area contributed by atoms with Gasteiger partial charge in [0.25, 0.3) is 0 Å². The number of aromatic carboxylic acids is 1. The summed E-state index contributed by atoms with van der Waals surface area (Å²) < 4.78 is 1.79. The number of benzene rings is 1. The molecule has 1 heterocycles. The highest BCUT2D eigenvalue weighted by atomic mass is 16.4. The molecule has 0 saturated carbocycles. The summed E-state index contributed by atoms with van der Waals surface area (Å²) in [5.74, 6) is -0.886. The van der Waals surface area contributed by atoms with Gasteiger partial charge in [-0.25, -0.2) is 9.48 Å². The van der Waals surface area contributed by atoms with Crippen LogP contribution in [0.3, 0.4) is 0 Å². The first-order chi connectivity index (χ1) is 10.8. The molecule has 0 radical (unpaired) electrons. The van der Waals surface area contributed by atoms with E-state index in [2.05, 4.69) is 38.0 Å². The molecule has 0 amide bonds. The minimum absolute atomic E-state index is 0.0931. The van der Waals surface area contributed by atoms with Crippen molar-refractivity contribution in [3.63, 3.8) is 0 Å². The summed E-state index contributed by atoms with van der Waals surface area (Å²) in [6.07, 6.45) is 2.20. The van der Waals surface area contributed by atoms with Crippen LogP contribution in [0, 0.1) is 0 Å². The number of nitrogens with zero attached hydrogens (tertiary/aromatic N) is 2. The highest BCUT2D eigenvalue weighted by molar-refractivity contribution is 5.90. The van der Waals surface area contributed by atoms with E-state index in [9.17, 15) is 9.90 Å². The molecular formula is C19H26N2O2. The molecule has 23 heavy (non-hydrogen) atoms. The molecule has 0 unspecified atom stereocenters. The smallest absolute Gasteiger partial charge is 0.339 e. The third-order valence-corrected chi connectivity index (χ3v) is 4.07. The first kappa shape index (κ1) is 17.3. The second kappa shape index (κ2) is 6.57. The second-order valence-electron chi connectivity index (χ2n) is 6.89. The Labute approximate surface area is 138 Å². The van der Waals surface area contributed by atoms with E-state index in [1.165, 1.54) is 5.56 Å². The normalized spacial score (nSPS) is 11.7. The van der Waals surface area contributed by atoms with Gasteiger partial charge in [0.05, 0.1) is 17.1 Å². The molecule has 4 nitrogen and oxygen atoms in total.